The normalized spacial score (nSPS) is 11.1. The average Bonchev–Trinajstić information content (AvgIpc) is 2.54. The van der Waals surface area contributed by atoms with Crippen LogP contribution in [-0.2, 0) is 27.7 Å². The molecule has 2 aromatic rings. The number of hydrogen-bond donors (Lipinski definition) is 2. The van der Waals surface area contributed by atoms with Gasteiger partial charge in [-0.3, -0.25) is 9.52 Å². The highest BCUT2D eigenvalue weighted by Gasteiger charge is 2.05. The summed E-state index contributed by atoms with van der Waals surface area (Å²) in [5, 5.41) is 2.81. The average molecular weight is 346 g/mol. The van der Waals surface area contributed by atoms with Crippen LogP contribution < -0.4 is 10.0 Å². The minimum Gasteiger partial charge on any atom is -0.326 e. The monoisotopic (exact) mass is 346 g/mol. The van der Waals surface area contributed by atoms with Crippen molar-refractivity contribution in [2.45, 2.75) is 26.2 Å². The van der Waals surface area contributed by atoms with E-state index in [0.717, 1.165) is 18.2 Å². The molecule has 5 nitrogen and oxygen atoms in total. The van der Waals surface area contributed by atoms with Gasteiger partial charge in [0, 0.05) is 17.8 Å². The Labute approximate surface area is 143 Å². The molecule has 0 atom stereocenters. The maximum absolute atomic E-state index is 12.0. The number of aryl methyl sites for hydroxylation is 2. The van der Waals surface area contributed by atoms with Gasteiger partial charge in [-0.25, -0.2) is 8.42 Å². The minimum absolute atomic E-state index is 0.0709. The predicted molar refractivity (Wildman–Crippen MR) is 97.7 cm³/mol. The second kappa shape index (κ2) is 7.97. The number of carbonyl (C=O) groups excluding carboxylic acids is 1. The third-order valence-corrected chi connectivity index (χ3v) is 4.15. The molecule has 0 unspecified atom stereocenters. The second-order valence-electron chi connectivity index (χ2n) is 5.67. The molecule has 128 valence electrons. The summed E-state index contributed by atoms with van der Waals surface area (Å²) in [7, 11) is -3.29. The first kappa shape index (κ1) is 18.0. The first-order valence-corrected chi connectivity index (χ1v) is 9.70. The maximum atomic E-state index is 12.0. The Morgan fingerprint density at radius 1 is 0.917 bits per heavy atom. The molecule has 24 heavy (non-hydrogen) atoms. The van der Waals surface area contributed by atoms with Crippen molar-refractivity contribution < 1.29 is 13.2 Å². The van der Waals surface area contributed by atoms with Gasteiger partial charge < -0.3 is 5.32 Å². The molecular formula is C18H22N2O3S. The third-order valence-electron chi connectivity index (χ3n) is 3.54. The van der Waals surface area contributed by atoms with Gasteiger partial charge in [-0.05, 0) is 48.2 Å². The van der Waals surface area contributed by atoms with E-state index in [1.807, 2.05) is 0 Å². The molecule has 0 aliphatic rings. The van der Waals surface area contributed by atoms with Gasteiger partial charge >= 0.3 is 0 Å². The molecule has 1 amide bonds. The van der Waals surface area contributed by atoms with Crippen LogP contribution in [0.15, 0.2) is 48.5 Å². The van der Waals surface area contributed by atoms with Gasteiger partial charge in [-0.15, -0.1) is 0 Å². The van der Waals surface area contributed by atoms with E-state index >= 15 is 0 Å². The summed E-state index contributed by atoms with van der Waals surface area (Å²) < 4.78 is 24.7. The van der Waals surface area contributed by atoms with Crippen LogP contribution in [-0.4, -0.2) is 20.6 Å². The standard InChI is InChI=1S/C18H22N2O3S/c1-3-14-4-6-15(7-5-14)8-13-18(21)19-16-9-11-17(12-10-16)20-24(2,22)23/h4-7,9-12,20H,3,8,13H2,1-2H3,(H,19,21). The molecule has 0 bridgehead atoms. The Morgan fingerprint density at radius 3 is 2.00 bits per heavy atom. The van der Waals surface area contributed by atoms with Gasteiger partial charge in [0.15, 0.2) is 0 Å². The molecule has 0 aliphatic carbocycles. The molecular weight excluding hydrogens is 324 g/mol. The van der Waals surface area contributed by atoms with Crippen molar-refractivity contribution in [3.63, 3.8) is 0 Å². The summed E-state index contributed by atoms with van der Waals surface area (Å²) >= 11 is 0. The zero-order chi connectivity index (χ0) is 17.6. The van der Waals surface area contributed by atoms with Crippen molar-refractivity contribution in [2.24, 2.45) is 0 Å². The molecule has 0 fully saturated rings. The zero-order valence-electron chi connectivity index (χ0n) is 13.9. The molecule has 2 aromatic carbocycles. The number of amides is 1. The van der Waals surface area contributed by atoms with Crippen LogP contribution in [0.2, 0.25) is 0 Å². The van der Waals surface area contributed by atoms with E-state index in [-0.39, 0.29) is 5.91 Å². The summed E-state index contributed by atoms with van der Waals surface area (Å²) in [6, 6.07) is 14.8. The molecule has 0 spiro atoms. The Hall–Kier alpha value is -2.34. The van der Waals surface area contributed by atoms with Gasteiger partial charge in [0.1, 0.15) is 0 Å². The molecule has 6 heteroatoms. The van der Waals surface area contributed by atoms with Crippen molar-refractivity contribution in [1.29, 1.82) is 0 Å². The number of hydrogen-bond acceptors (Lipinski definition) is 3. The Balaban J connectivity index is 1.85. The smallest absolute Gasteiger partial charge is 0.229 e. The summed E-state index contributed by atoms with van der Waals surface area (Å²) in [4.78, 5) is 12.0. The largest absolute Gasteiger partial charge is 0.326 e. The molecule has 0 radical (unpaired) electrons. The fourth-order valence-electron chi connectivity index (χ4n) is 2.26. The van der Waals surface area contributed by atoms with Crippen LogP contribution in [0.5, 0.6) is 0 Å². The van der Waals surface area contributed by atoms with E-state index in [1.54, 1.807) is 24.3 Å². The van der Waals surface area contributed by atoms with Crippen LogP contribution in [0.1, 0.15) is 24.5 Å². The van der Waals surface area contributed by atoms with E-state index in [4.69, 9.17) is 0 Å². The van der Waals surface area contributed by atoms with Crippen LogP contribution >= 0.6 is 0 Å². The lowest BCUT2D eigenvalue weighted by Gasteiger charge is -2.08. The van der Waals surface area contributed by atoms with Crippen LogP contribution in [0.25, 0.3) is 0 Å². The Bertz CT molecular complexity index is 782. The molecule has 2 rings (SSSR count). The number of anilines is 2. The van der Waals surface area contributed by atoms with Crippen molar-refractivity contribution in [1.82, 2.24) is 0 Å². The highest BCUT2D eigenvalue weighted by Crippen LogP contribution is 2.15. The van der Waals surface area contributed by atoms with Crippen LogP contribution in [0.4, 0.5) is 11.4 Å². The molecule has 0 aliphatic heterocycles. The first-order chi connectivity index (χ1) is 11.4. The minimum atomic E-state index is -3.29. The highest BCUT2D eigenvalue weighted by molar-refractivity contribution is 7.92. The van der Waals surface area contributed by atoms with E-state index < -0.39 is 10.0 Å². The lowest BCUT2D eigenvalue weighted by atomic mass is 10.1. The van der Waals surface area contributed by atoms with Crippen molar-refractivity contribution >= 4 is 27.3 Å². The molecule has 0 saturated carbocycles. The van der Waals surface area contributed by atoms with E-state index in [9.17, 15) is 13.2 Å². The van der Waals surface area contributed by atoms with Gasteiger partial charge in [0.25, 0.3) is 0 Å². The fraction of sp³-hybridized carbons (Fsp3) is 0.278. The van der Waals surface area contributed by atoms with Crippen LogP contribution in [0, 0.1) is 0 Å². The van der Waals surface area contributed by atoms with E-state index in [0.29, 0.717) is 24.2 Å². The number of nitrogens with one attached hydrogen (secondary N) is 2. The SMILES string of the molecule is CCc1ccc(CCC(=O)Nc2ccc(NS(C)(=O)=O)cc2)cc1. The number of benzene rings is 2. The quantitative estimate of drug-likeness (QED) is 0.808. The number of sulfonamides is 1. The zero-order valence-corrected chi connectivity index (χ0v) is 14.7. The lowest BCUT2D eigenvalue weighted by Crippen LogP contribution is -2.13. The topological polar surface area (TPSA) is 75.3 Å². The molecule has 0 aromatic heterocycles. The van der Waals surface area contributed by atoms with E-state index in [1.165, 1.54) is 5.56 Å². The van der Waals surface area contributed by atoms with Gasteiger partial charge in [-0.2, -0.15) is 0 Å². The van der Waals surface area contributed by atoms with Gasteiger partial charge in [0.2, 0.25) is 15.9 Å². The third kappa shape index (κ3) is 6.04. The Morgan fingerprint density at radius 2 is 1.46 bits per heavy atom. The van der Waals surface area contributed by atoms with Gasteiger partial charge in [-0.1, -0.05) is 31.2 Å². The van der Waals surface area contributed by atoms with Crippen molar-refractivity contribution in [2.75, 3.05) is 16.3 Å². The summed E-state index contributed by atoms with van der Waals surface area (Å²) in [6.07, 6.45) is 3.18. The molecule has 0 heterocycles. The van der Waals surface area contributed by atoms with Crippen molar-refractivity contribution in [3.8, 4) is 0 Å². The predicted octanol–water partition coefficient (Wildman–Crippen LogP) is 3.19. The molecule has 0 saturated heterocycles. The first-order valence-electron chi connectivity index (χ1n) is 7.81. The highest BCUT2D eigenvalue weighted by atomic mass is 32.2. The van der Waals surface area contributed by atoms with Crippen molar-refractivity contribution in [3.05, 3.63) is 59.7 Å². The molecule has 2 N–H and O–H groups in total. The maximum Gasteiger partial charge on any atom is 0.229 e. The van der Waals surface area contributed by atoms with Crippen LogP contribution in [0.3, 0.4) is 0 Å². The summed E-state index contributed by atoms with van der Waals surface area (Å²) in [6.45, 7) is 2.11. The Kier molecular flexibility index (Phi) is 5.98. The summed E-state index contributed by atoms with van der Waals surface area (Å²) in [5.41, 5.74) is 3.52. The number of carbonyl (C=O) groups is 1. The second-order valence-corrected chi connectivity index (χ2v) is 7.42. The van der Waals surface area contributed by atoms with E-state index in [2.05, 4.69) is 41.2 Å². The summed E-state index contributed by atoms with van der Waals surface area (Å²) in [5.74, 6) is -0.0709. The van der Waals surface area contributed by atoms with Gasteiger partial charge in [0.05, 0.1) is 6.26 Å². The number of rotatable bonds is 7. The fourth-order valence-corrected chi connectivity index (χ4v) is 2.82. The lowest BCUT2D eigenvalue weighted by molar-refractivity contribution is -0.116.